The van der Waals surface area contributed by atoms with Gasteiger partial charge in [0.05, 0.1) is 12.2 Å². The average molecular weight is 194 g/mol. The van der Waals surface area contributed by atoms with Crippen molar-refractivity contribution in [2.24, 2.45) is 4.99 Å². The van der Waals surface area contributed by atoms with Crippen molar-refractivity contribution < 1.29 is 4.39 Å². The largest absolute Gasteiger partial charge is 0.362 e. The maximum Gasteiger partial charge on any atom is 0.181 e. The number of alkyl halides is 1. The Morgan fingerprint density at radius 3 is 2.58 bits per heavy atom. The smallest absolute Gasteiger partial charge is 0.181 e. The first-order valence-electron chi connectivity index (χ1n) is 3.42. The summed E-state index contributed by atoms with van der Waals surface area (Å²) in [5.41, 5.74) is 0. The number of halogens is 2. The van der Waals surface area contributed by atoms with Gasteiger partial charge in [-0.05, 0) is 0 Å². The van der Waals surface area contributed by atoms with Gasteiger partial charge >= 0.3 is 0 Å². The van der Waals surface area contributed by atoms with Gasteiger partial charge in [-0.3, -0.25) is 4.99 Å². The number of allylic oxidation sites excluding steroid dienone is 1. The molecule has 1 N–H and O–H groups in total. The molecular formula is C7H13ClFN3. The molecule has 0 radical (unpaired) electrons. The van der Waals surface area contributed by atoms with Crippen LogP contribution in [0, 0.1) is 0 Å². The predicted molar refractivity (Wildman–Crippen MR) is 50.1 cm³/mol. The van der Waals surface area contributed by atoms with Gasteiger partial charge in [-0.15, -0.1) is 11.6 Å². The lowest BCUT2D eigenvalue weighted by Gasteiger charge is -2.17. The normalized spacial score (nSPS) is 13.1. The first kappa shape index (κ1) is 11.2. The maximum absolute atomic E-state index is 13.1. The molecule has 0 saturated heterocycles. The van der Waals surface area contributed by atoms with Gasteiger partial charge < -0.3 is 10.2 Å². The summed E-state index contributed by atoms with van der Waals surface area (Å²) in [4.78, 5) is 5.15. The molecule has 0 atom stereocenters. The highest BCUT2D eigenvalue weighted by molar-refractivity contribution is 6.17. The van der Waals surface area contributed by atoms with E-state index >= 15 is 0 Å². The van der Waals surface area contributed by atoms with Crippen LogP contribution in [0.2, 0.25) is 0 Å². The SMILES string of the molecule is CN=CC(F)=C(NCCl)N(C)C. The van der Waals surface area contributed by atoms with Crippen molar-refractivity contribution in [3.63, 3.8) is 0 Å². The highest BCUT2D eigenvalue weighted by Crippen LogP contribution is 2.03. The Morgan fingerprint density at radius 2 is 2.25 bits per heavy atom. The minimum absolute atomic E-state index is 0.165. The topological polar surface area (TPSA) is 27.6 Å². The van der Waals surface area contributed by atoms with E-state index in [-0.39, 0.29) is 6.00 Å². The van der Waals surface area contributed by atoms with Crippen molar-refractivity contribution in [3.05, 3.63) is 11.6 Å². The molecule has 0 rings (SSSR count). The fraction of sp³-hybridized carbons (Fsp3) is 0.571. The molecule has 0 fully saturated rings. The summed E-state index contributed by atoms with van der Waals surface area (Å²) >= 11 is 5.40. The standard InChI is InChI=1S/C7H13ClFN3/c1-10-4-6(9)7(11-5-8)12(2)3/h4,11H,5H2,1-3H3. The zero-order chi connectivity index (χ0) is 9.56. The molecule has 0 heterocycles. The van der Waals surface area contributed by atoms with Crippen molar-refractivity contribution in [1.29, 1.82) is 0 Å². The van der Waals surface area contributed by atoms with E-state index in [9.17, 15) is 4.39 Å². The molecule has 0 bridgehead atoms. The average Bonchev–Trinajstić information content (AvgIpc) is 1.99. The third kappa shape index (κ3) is 3.57. The number of hydrogen-bond acceptors (Lipinski definition) is 3. The monoisotopic (exact) mass is 193 g/mol. The fourth-order valence-electron chi connectivity index (χ4n) is 0.694. The van der Waals surface area contributed by atoms with Gasteiger partial charge in [0.25, 0.3) is 0 Å². The Kier molecular flexibility index (Phi) is 5.45. The number of nitrogens with zero attached hydrogens (tertiary/aromatic N) is 2. The summed E-state index contributed by atoms with van der Waals surface area (Å²) < 4.78 is 13.1. The van der Waals surface area contributed by atoms with Gasteiger partial charge in [0, 0.05) is 21.1 Å². The molecule has 0 aliphatic heterocycles. The third-order valence-corrected chi connectivity index (χ3v) is 1.28. The van der Waals surface area contributed by atoms with Gasteiger partial charge in [0.2, 0.25) is 0 Å². The van der Waals surface area contributed by atoms with Crippen molar-refractivity contribution in [2.75, 3.05) is 27.1 Å². The van der Waals surface area contributed by atoms with E-state index in [4.69, 9.17) is 11.6 Å². The van der Waals surface area contributed by atoms with Crippen LogP contribution in [0.1, 0.15) is 0 Å². The van der Waals surface area contributed by atoms with E-state index in [2.05, 4.69) is 10.3 Å². The van der Waals surface area contributed by atoms with Crippen LogP contribution in [-0.4, -0.2) is 38.3 Å². The van der Waals surface area contributed by atoms with E-state index in [1.807, 2.05) is 0 Å². The van der Waals surface area contributed by atoms with E-state index in [0.717, 1.165) is 6.21 Å². The van der Waals surface area contributed by atoms with Crippen LogP contribution in [0.15, 0.2) is 16.6 Å². The van der Waals surface area contributed by atoms with Crippen molar-refractivity contribution >= 4 is 17.8 Å². The second-order valence-corrected chi connectivity index (χ2v) is 2.56. The number of nitrogens with one attached hydrogen (secondary N) is 1. The summed E-state index contributed by atoms with van der Waals surface area (Å²) in [5, 5.41) is 2.67. The molecule has 0 aromatic carbocycles. The molecule has 12 heavy (non-hydrogen) atoms. The van der Waals surface area contributed by atoms with E-state index < -0.39 is 5.83 Å². The molecule has 0 aromatic rings. The second kappa shape index (κ2) is 5.83. The Bertz CT molecular complexity index is 189. The summed E-state index contributed by atoms with van der Waals surface area (Å²) in [6, 6.07) is 0.165. The van der Waals surface area contributed by atoms with Crippen LogP contribution in [0.5, 0.6) is 0 Å². The minimum Gasteiger partial charge on any atom is -0.362 e. The van der Waals surface area contributed by atoms with Crippen LogP contribution in [0.4, 0.5) is 4.39 Å². The molecule has 0 aliphatic rings. The number of aliphatic imine (C=N–C) groups is 1. The maximum atomic E-state index is 13.1. The minimum atomic E-state index is -0.428. The lowest BCUT2D eigenvalue weighted by molar-refractivity contribution is 0.446. The predicted octanol–water partition coefficient (Wildman–Crippen LogP) is 1.17. The Hall–Kier alpha value is -0.770. The lowest BCUT2D eigenvalue weighted by Crippen LogP contribution is -2.26. The Morgan fingerprint density at radius 1 is 1.67 bits per heavy atom. The highest BCUT2D eigenvalue weighted by atomic mass is 35.5. The first-order chi connectivity index (χ1) is 5.63. The van der Waals surface area contributed by atoms with Crippen molar-refractivity contribution in [2.45, 2.75) is 0 Å². The number of rotatable bonds is 4. The molecule has 3 nitrogen and oxygen atoms in total. The molecule has 70 valence electrons. The molecule has 0 amide bonds. The summed E-state index contributed by atoms with van der Waals surface area (Å²) in [6.45, 7) is 0. The molecular weight excluding hydrogens is 181 g/mol. The fourth-order valence-corrected chi connectivity index (χ4v) is 0.821. The van der Waals surface area contributed by atoms with Gasteiger partial charge in [0.1, 0.15) is 5.82 Å². The van der Waals surface area contributed by atoms with Crippen LogP contribution >= 0.6 is 11.6 Å². The van der Waals surface area contributed by atoms with Crippen LogP contribution in [-0.2, 0) is 0 Å². The van der Waals surface area contributed by atoms with Gasteiger partial charge in [-0.2, -0.15) is 0 Å². The first-order valence-corrected chi connectivity index (χ1v) is 3.96. The summed E-state index contributed by atoms with van der Waals surface area (Å²) in [6.07, 6.45) is 1.13. The summed E-state index contributed by atoms with van der Waals surface area (Å²) in [5.74, 6) is -0.0984. The second-order valence-electron chi connectivity index (χ2n) is 2.29. The quantitative estimate of drug-likeness (QED) is 0.413. The van der Waals surface area contributed by atoms with Gasteiger partial charge in [-0.25, -0.2) is 4.39 Å². The van der Waals surface area contributed by atoms with E-state index in [1.54, 1.807) is 19.0 Å². The molecule has 0 aliphatic carbocycles. The zero-order valence-electron chi connectivity index (χ0n) is 7.43. The third-order valence-electron chi connectivity index (χ3n) is 1.15. The van der Waals surface area contributed by atoms with Gasteiger partial charge in [0.15, 0.2) is 5.83 Å². The van der Waals surface area contributed by atoms with Crippen LogP contribution in [0.25, 0.3) is 0 Å². The lowest BCUT2D eigenvalue weighted by atomic mass is 10.5. The molecule has 0 saturated carbocycles. The van der Waals surface area contributed by atoms with E-state index in [1.165, 1.54) is 7.05 Å². The molecule has 5 heteroatoms. The van der Waals surface area contributed by atoms with Crippen LogP contribution < -0.4 is 5.32 Å². The van der Waals surface area contributed by atoms with Gasteiger partial charge in [-0.1, -0.05) is 0 Å². The molecule has 0 spiro atoms. The van der Waals surface area contributed by atoms with Crippen molar-refractivity contribution in [3.8, 4) is 0 Å². The molecule has 0 unspecified atom stereocenters. The van der Waals surface area contributed by atoms with Crippen molar-refractivity contribution in [1.82, 2.24) is 10.2 Å². The number of hydrogen-bond donors (Lipinski definition) is 1. The Balaban J connectivity index is 4.54. The van der Waals surface area contributed by atoms with Crippen LogP contribution in [0.3, 0.4) is 0 Å². The van der Waals surface area contributed by atoms with E-state index in [0.29, 0.717) is 5.82 Å². The highest BCUT2D eigenvalue weighted by Gasteiger charge is 2.04. The Labute approximate surface area is 76.9 Å². The summed E-state index contributed by atoms with van der Waals surface area (Å²) in [7, 11) is 4.95. The molecule has 0 aromatic heterocycles. The zero-order valence-corrected chi connectivity index (χ0v) is 8.19.